The summed E-state index contributed by atoms with van der Waals surface area (Å²) in [5, 5.41) is 16.9. The Labute approximate surface area is 203 Å². The smallest absolute Gasteiger partial charge is 0.329 e. The van der Waals surface area contributed by atoms with Crippen molar-refractivity contribution in [2.24, 2.45) is 0 Å². The van der Waals surface area contributed by atoms with E-state index in [1.54, 1.807) is 28.8 Å². The Morgan fingerprint density at radius 2 is 2.00 bits per heavy atom. The normalized spacial score (nSPS) is 19.4. The first-order chi connectivity index (χ1) is 16.8. The Morgan fingerprint density at radius 3 is 2.69 bits per heavy atom. The summed E-state index contributed by atoms with van der Waals surface area (Å²) in [4.78, 5) is 31.3. The molecule has 2 N–H and O–H groups in total. The Morgan fingerprint density at radius 1 is 1.20 bits per heavy atom. The maximum absolute atomic E-state index is 15.1. The van der Waals surface area contributed by atoms with Crippen LogP contribution in [0, 0.1) is 5.82 Å². The van der Waals surface area contributed by atoms with Crippen molar-refractivity contribution in [1.29, 1.82) is 0 Å². The standard InChI is InChI=1S/C26H30FN5O3/c1-3-18-14-22(24(33)31-12-6-4-5-7-16(31)2)28-23-15-21(30-32(18)23)19-9-8-17(13-20(19)27)29-26(10-11-26)25(34)35/h8-9,13-16,29H,3-7,10-12H2,1-2H3,(H,34,35)/t16-/m1/s1. The number of carboxylic acid groups (broad SMARTS) is 1. The number of aryl methyl sites for hydroxylation is 1. The van der Waals surface area contributed by atoms with Gasteiger partial charge in [0.15, 0.2) is 5.65 Å². The van der Waals surface area contributed by atoms with Crippen LogP contribution in [0.1, 0.15) is 68.6 Å². The molecule has 0 spiro atoms. The highest BCUT2D eigenvalue weighted by Gasteiger charge is 2.50. The van der Waals surface area contributed by atoms with Crippen LogP contribution < -0.4 is 5.32 Å². The first-order valence-corrected chi connectivity index (χ1v) is 12.3. The number of nitrogens with one attached hydrogen (secondary N) is 1. The SMILES string of the molecule is CCc1cc(C(=O)N2CCCCC[C@H]2C)nc2cc(-c3ccc(NC4(C(=O)O)CC4)cc3F)nn12. The Balaban J connectivity index is 1.46. The number of aliphatic carboxylic acids is 1. The third-order valence-corrected chi connectivity index (χ3v) is 7.18. The number of fused-ring (bicyclic) bond motifs is 1. The maximum Gasteiger partial charge on any atom is 0.329 e. The van der Waals surface area contributed by atoms with Crippen molar-refractivity contribution in [2.45, 2.75) is 70.4 Å². The summed E-state index contributed by atoms with van der Waals surface area (Å²) in [6.45, 7) is 4.80. The van der Waals surface area contributed by atoms with Gasteiger partial charge in [0.05, 0.1) is 5.69 Å². The number of benzene rings is 1. The molecule has 2 aromatic heterocycles. The summed E-state index contributed by atoms with van der Waals surface area (Å²) in [5.74, 6) is -1.51. The van der Waals surface area contributed by atoms with Crippen LogP contribution in [0.5, 0.6) is 0 Å². The minimum absolute atomic E-state index is 0.0756. The van der Waals surface area contributed by atoms with Gasteiger partial charge in [-0.2, -0.15) is 5.10 Å². The monoisotopic (exact) mass is 479 g/mol. The summed E-state index contributed by atoms with van der Waals surface area (Å²) in [6.07, 6.45) is 5.90. The van der Waals surface area contributed by atoms with Crippen molar-refractivity contribution < 1.29 is 19.1 Å². The number of carbonyl (C=O) groups is 2. The van der Waals surface area contributed by atoms with E-state index in [-0.39, 0.29) is 17.5 Å². The van der Waals surface area contributed by atoms with Crippen LogP contribution in [0.25, 0.3) is 16.9 Å². The van der Waals surface area contributed by atoms with Crippen LogP contribution in [0.3, 0.4) is 0 Å². The van der Waals surface area contributed by atoms with Gasteiger partial charge in [0.25, 0.3) is 5.91 Å². The Kier molecular flexibility index (Phi) is 5.94. The van der Waals surface area contributed by atoms with Crippen molar-refractivity contribution >= 4 is 23.2 Å². The molecule has 9 heteroatoms. The van der Waals surface area contributed by atoms with E-state index in [2.05, 4.69) is 22.3 Å². The van der Waals surface area contributed by atoms with Crippen molar-refractivity contribution in [3.63, 3.8) is 0 Å². The fourth-order valence-corrected chi connectivity index (χ4v) is 4.85. The van der Waals surface area contributed by atoms with Gasteiger partial charge in [-0.05, 0) is 63.3 Å². The molecule has 1 saturated heterocycles. The van der Waals surface area contributed by atoms with Crippen molar-refractivity contribution in [2.75, 3.05) is 11.9 Å². The zero-order valence-electron chi connectivity index (χ0n) is 20.1. The van der Waals surface area contributed by atoms with Gasteiger partial charge in [-0.15, -0.1) is 0 Å². The highest BCUT2D eigenvalue weighted by Crippen LogP contribution is 2.39. The fourth-order valence-electron chi connectivity index (χ4n) is 4.85. The molecule has 3 aromatic rings. The quantitative estimate of drug-likeness (QED) is 0.539. The molecular formula is C26H30FN5O3. The number of rotatable bonds is 6. The third kappa shape index (κ3) is 4.35. The largest absolute Gasteiger partial charge is 0.480 e. The van der Waals surface area contributed by atoms with Crippen molar-refractivity contribution in [3.05, 3.63) is 47.5 Å². The summed E-state index contributed by atoms with van der Waals surface area (Å²) >= 11 is 0. The van der Waals surface area contributed by atoms with Crippen LogP contribution in [0.2, 0.25) is 0 Å². The molecule has 3 heterocycles. The van der Waals surface area contributed by atoms with Crippen LogP contribution in [0.15, 0.2) is 30.3 Å². The van der Waals surface area contributed by atoms with Gasteiger partial charge in [0.2, 0.25) is 0 Å². The van der Waals surface area contributed by atoms with Crippen LogP contribution in [0.4, 0.5) is 10.1 Å². The zero-order chi connectivity index (χ0) is 24.7. The van der Waals surface area contributed by atoms with Gasteiger partial charge < -0.3 is 15.3 Å². The highest BCUT2D eigenvalue weighted by molar-refractivity contribution is 5.93. The van der Waals surface area contributed by atoms with Crippen LogP contribution in [-0.2, 0) is 11.2 Å². The van der Waals surface area contributed by atoms with E-state index in [4.69, 9.17) is 0 Å². The molecule has 0 radical (unpaired) electrons. The lowest BCUT2D eigenvalue weighted by Gasteiger charge is -2.27. The molecule has 5 rings (SSSR count). The average molecular weight is 480 g/mol. The van der Waals surface area contributed by atoms with Gasteiger partial charge in [0.1, 0.15) is 17.1 Å². The molecule has 0 unspecified atom stereocenters. The molecule has 1 aliphatic carbocycles. The summed E-state index contributed by atoms with van der Waals surface area (Å²) in [7, 11) is 0. The number of anilines is 1. The molecule has 0 bridgehead atoms. The van der Waals surface area contributed by atoms with Gasteiger partial charge in [-0.25, -0.2) is 18.7 Å². The molecule has 8 nitrogen and oxygen atoms in total. The number of carbonyl (C=O) groups excluding carboxylic acids is 1. The second kappa shape index (κ2) is 8.94. The lowest BCUT2D eigenvalue weighted by molar-refractivity contribution is -0.138. The third-order valence-electron chi connectivity index (χ3n) is 7.18. The predicted molar refractivity (Wildman–Crippen MR) is 130 cm³/mol. The first kappa shape index (κ1) is 23.3. The second-order valence-corrected chi connectivity index (χ2v) is 9.69. The van der Waals surface area contributed by atoms with E-state index < -0.39 is 17.3 Å². The molecule has 1 atom stereocenters. The number of aromatic nitrogens is 3. The van der Waals surface area contributed by atoms with E-state index in [0.29, 0.717) is 42.0 Å². The topological polar surface area (TPSA) is 99.8 Å². The number of likely N-dealkylation sites (tertiary alicyclic amines) is 1. The van der Waals surface area contributed by atoms with Gasteiger partial charge in [-0.3, -0.25) is 4.79 Å². The predicted octanol–water partition coefficient (Wildman–Crippen LogP) is 4.53. The van der Waals surface area contributed by atoms with E-state index in [0.717, 1.165) is 37.9 Å². The molecule has 1 saturated carbocycles. The fraction of sp³-hybridized carbons (Fsp3) is 0.462. The molecule has 1 amide bonds. The van der Waals surface area contributed by atoms with E-state index in [1.165, 1.54) is 6.07 Å². The van der Waals surface area contributed by atoms with Crippen molar-refractivity contribution in [1.82, 2.24) is 19.5 Å². The minimum Gasteiger partial charge on any atom is -0.480 e. The lowest BCUT2D eigenvalue weighted by atomic mass is 10.1. The molecule has 184 valence electrons. The average Bonchev–Trinajstić information content (AvgIpc) is 3.54. The lowest BCUT2D eigenvalue weighted by Crippen LogP contribution is -2.38. The molecule has 35 heavy (non-hydrogen) atoms. The number of halogens is 1. The zero-order valence-corrected chi connectivity index (χ0v) is 20.1. The number of amides is 1. The number of hydrogen-bond acceptors (Lipinski definition) is 5. The van der Waals surface area contributed by atoms with Gasteiger partial charge >= 0.3 is 5.97 Å². The van der Waals surface area contributed by atoms with E-state index >= 15 is 4.39 Å². The summed E-state index contributed by atoms with van der Waals surface area (Å²) < 4.78 is 16.7. The highest BCUT2D eigenvalue weighted by atomic mass is 19.1. The molecule has 2 aliphatic rings. The number of nitrogens with zero attached hydrogens (tertiary/aromatic N) is 4. The van der Waals surface area contributed by atoms with E-state index in [9.17, 15) is 14.7 Å². The van der Waals surface area contributed by atoms with Crippen LogP contribution >= 0.6 is 0 Å². The number of carboxylic acids is 1. The molecule has 2 fully saturated rings. The second-order valence-electron chi connectivity index (χ2n) is 9.69. The molecule has 1 aromatic carbocycles. The minimum atomic E-state index is -0.995. The van der Waals surface area contributed by atoms with Crippen LogP contribution in [-0.4, -0.2) is 54.6 Å². The first-order valence-electron chi connectivity index (χ1n) is 12.3. The maximum atomic E-state index is 15.1. The Hall–Kier alpha value is -3.49. The Bertz CT molecular complexity index is 1300. The number of hydrogen-bond donors (Lipinski definition) is 2. The van der Waals surface area contributed by atoms with Crippen molar-refractivity contribution in [3.8, 4) is 11.3 Å². The van der Waals surface area contributed by atoms with Gasteiger partial charge in [-0.1, -0.05) is 19.8 Å². The summed E-state index contributed by atoms with van der Waals surface area (Å²) in [6, 6.07) is 8.20. The van der Waals surface area contributed by atoms with E-state index in [1.807, 2.05) is 11.8 Å². The molecule has 1 aliphatic heterocycles. The van der Waals surface area contributed by atoms with Gasteiger partial charge in [0, 0.05) is 35.6 Å². The molecular weight excluding hydrogens is 449 g/mol. The summed E-state index contributed by atoms with van der Waals surface area (Å²) in [5.41, 5.74) is 1.82.